The molecule has 0 aromatic carbocycles. The van der Waals surface area contributed by atoms with Crippen molar-refractivity contribution >= 4 is 43.8 Å². The van der Waals surface area contributed by atoms with Gasteiger partial charge in [-0.1, -0.05) is 11.8 Å². The lowest BCUT2D eigenvalue weighted by Crippen LogP contribution is -2.15. The van der Waals surface area contributed by atoms with E-state index in [4.69, 9.17) is 0 Å². The van der Waals surface area contributed by atoms with Crippen molar-refractivity contribution in [1.82, 2.24) is 14.8 Å². The van der Waals surface area contributed by atoms with Gasteiger partial charge in [-0.15, -0.1) is 21.5 Å². The Morgan fingerprint density at radius 2 is 2.24 bits per heavy atom. The van der Waals surface area contributed by atoms with Crippen molar-refractivity contribution in [2.75, 3.05) is 22.6 Å². The van der Waals surface area contributed by atoms with Gasteiger partial charge >= 0.3 is 0 Å². The van der Waals surface area contributed by atoms with Gasteiger partial charge in [0.25, 0.3) is 0 Å². The quantitative estimate of drug-likeness (QED) is 0.667. The molecule has 154 valence electrons. The summed E-state index contributed by atoms with van der Waals surface area (Å²) >= 11 is 2.78. The number of amides is 1. The summed E-state index contributed by atoms with van der Waals surface area (Å²) in [6.07, 6.45) is 4.18. The lowest BCUT2D eigenvalue weighted by Gasteiger charge is -2.08. The van der Waals surface area contributed by atoms with Crippen LogP contribution in [-0.2, 0) is 40.9 Å². The van der Waals surface area contributed by atoms with Crippen molar-refractivity contribution in [3.8, 4) is 6.07 Å². The fourth-order valence-electron chi connectivity index (χ4n) is 3.84. The number of thioether (sulfide) groups is 1. The Bertz CT molecular complexity index is 1100. The minimum Gasteiger partial charge on any atom is -0.316 e. The van der Waals surface area contributed by atoms with Crippen LogP contribution in [-0.4, -0.2) is 46.3 Å². The van der Waals surface area contributed by atoms with Crippen molar-refractivity contribution in [1.29, 1.82) is 5.26 Å². The smallest absolute Gasteiger partial charge is 0.235 e. The van der Waals surface area contributed by atoms with Crippen molar-refractivity contribution in [3.05, 3.63) is 21.8 Å². The van der Waals surface area contributed by atoms with Crippen LogP contribution in [0.15, 0.2) is 5.16 Å². The zero-order valence-corrected chi connectivity index (χ0v) is 18.4. The Balaban J connectivity index is 1.35. The number of nitrogens with one attached hydrogen (secondary N) is 1. The molecular weight excluding hydrogens is 430 g/mol. The molecule has 1 saturated heterocycles. The lowest BCUT2D eigenvalue weighted by molar-refractivity contribution is -0.113. The van der Waals surface area contributed by atoms with E-state index >= 15 is 0 Å². The third kappa shape index (κ3) is 4.34. The monoisotopic (exact) mass is 451 g/mol. The van der Waals surface area contributed by atoms with Gasteiger partial charge in [0.1, 0.15) is 16.9 Å². The van der Waals surface area contributed by atoms with E-state index in [-0.39, 0.29) is 29.1 Å². The fraction of sp³-hybridized carbons (Fsp3) is 0.556. The van der Waals surface area contributed by atoms with Crippen LogP contribution in [0, 0.1) is 17.2 Å². The van der Waals surface area contributed by atoms with Gasteiger partial charge in [-0.05, 0) is 37.2 Å². The Labute approximate surface area is 177 Å². The number of fused-ring (bicyclic) bond motifs is 1. The number of hydrogen-bond donors (Lipinski definition) is 1. The molecule has 1 N–H and O–H groups in total. The topological polar surface area (TPSA) is 118 Å². The van der Waals surface area contributed by atoms with Gasteiger partial charge in [0.15, 0.2) is 15.0 Å². The molecule has 0 spiro atoms. The number of carbonyl (C=O) groups excluding carboxylic acids is 1. The lowest BCUT2D eigenvalue weighted by atomic mass is 10.1. The molecular formula is C18H21N5O3S3. The highest BCUT2D eigenvalue weighted by Gasteiger charge is 2.29. The summed E-state index contributed by atoms with van der Waals surface area (Å²) in [5.74, 6) is 1.24. The second-order valence-electron chi connectivity index (χ2n) is 7.44. The van der Waals surface area contributed by atoms with E-state index in [9.17, 15) is 18.5 Å². The van der Waals surface area contributed by atoms with E-state index in [1.54, 1.807) is 0 Å². The van der Waals surface area contributed by atoms with Crippen LogP contribution >= 0.6 is 23.1 Å². The van der Waals surface area contributed by atoms with Crippen LogP contribution < -0.4 is 5.32 Å². The van der Waals surface area contributed by atoms with Crippen LogP contribution in [0.5, 0.6) is 0 Å². The third-order valence-corrected chi connectivity index (χ3v) is 9.41. The summed E-state index contributed by atoms with van der Waals surface area (Å²) in [5, 5.41) is 21.9. The molecule has 1 aliphatic heterocycles. The van der Waals surface area contributed by atoms with Gasteiger partial charge in [-0.2, -0.15) is 5.26 Å². The molecule has 2 aliphatic rings. The minimum absolute atomic E-state index is 0.0780. The molecule has 29 heavy (non-hydrogen) atoms. The molecule has 2 aromatic rings. The molecule has 1 amide bonds. The first kappa shape index (κ1) is 20.4. The van der Waals surface area contributed by atoms with Crippen LogP contribution in [0.2, 0.25) is 0 Å². The standard InChI is InChI=1S/C18H21N5O3S3/c1-23-15(7-11-5-6-29(25,26)10-11)21-22-18(23)27-9-16(24)20-17-13(8-19)12-3-2-4-14(12)28-17/h11H,2-7,9-10H2,1H3,(H,20,24). The van der Waals surface area contributed by atoms with E-state index < -0.39 is 9.84 Å². The third-order valence-electron chi connectivity index (χ3n) is 5.34. The van der Waals surface area contributed by atoms with Crippen molar-refractivity contribution in [2.24, 2.45) is 13.0 Å². The summed E-state index contributed by atoms with van der Waals surface area (Å²) in [6.45, 7) is 0. The van der Waals surface area contributed by atoms with Crippen LogP contribution in [0.1, 0.15) is 34.7 Å². The summed E-state index contributed by atoms with van der Waals surface area (Å²) in [6, 6.07) is 2.23. The van der Waals surface area contributed by atoms with Crippen molar-refractivity contribution in [3.63, 3.8) is 0 Å². The highest BCUT2D eigenvalue weighted by molar-refractivity contribution is 7.99. The number of carbonyl (C=O) groups is 1. The number of nitrogens with zero attached hydrogens (tertiary/aromatic N) is 4. The van der Waals surface area contributed by atoms with E-state index in [0.717, 1.165) is 30.7 Å². The zero-order chi connectivity index (χ0) is 20.6. The highest BCUT2D eigenvalue weighted by atomic mass is 32.2. The van der Waals surface area contributed by atoms with Gasteiger partial charge < -0.3 is 9.88 Å². The van der Waals surface area contributed by atoms with E-state index in [1.807, 2.05) is 11.6 Å². The first-order valence-corrected chi connectivity index (χ1v) is 13.0. The van der Waals surface area contributed by atoms with E-state index in [1.165, 1.54) is 28.0 Å². The SMILES string of the molecule is Cn1c(CC2CCS(=O)(=O)C2)nnc1SCC(=O)Nc1sc2c(c1C#N)CCC2. The predicted molar refractivity (Wildman–Crippen MR) is 112 cm³/mol. The fourth-order valence-corrected chi connectivity index (χ4v) is 7.69. The van der Waals surface area contributed by atoms with Crippen LogP contribution in [0.4, 0.5) is 5.00 Å². The maximum Gasteiger partial charge on any atom is 0.235 e. The van der Waals surface area contributed by atoms with Gasteiger partial charge in [0.2, 0.25) is 5.91 Å². The number of hydrogen-bond acceptors (Lipinski definition) is 8. The number of aryl methyl sites for hydroxylation is 1. The first-order valence-electron chi connectivity index (χ1n) is 9.42. The van der Waals surface area contributed by atoms with Crippen molar-refractivity contribution < 1.29 is 13.2 Å². The van der Waals surface area contributed by atoms with Gasteiger partial charge in [-0.25, -0.2) is 8.42 Å². The van der Waals surface area contributed by atoms with E-state index in [0.29, 0.717) is 28.6 Å². The molecule has 0 saturated carbocycles. The summed E-state index contributed by atoms with van der Waals surface area (Å²) < 4.78 is 25.1. The van der Waals surface area contributed by atoms with Crippen molar-refractivity contribution in [2.45, 2.75) is 37.3 Å². The number of sulfone groups is 1. The zero-order valence-electron chi connectivity index (χ0n) is 16.0. The molecule has 1 fully saturated rings. The Hall–Kier alpha value is -1.90. The highest BCUT2D eigenvalue weighted by Crippen LogP contribution is 2.38. The number of thiophene rings is 1. The molecule has 0 bridgehead atoms. The van der Waals surface area contributed by atoms with Gasteiger partial charge in [-0.3, -0.25) is 4.79 Å². The molecule has 0 radical (unpaired) electrons. The maximum atomic E-state index is 12.4. The molecule has 3 heterocycles. The number of anilines is 1. The molecule has 1 aliphatic carbocycles. The van der Waals surface area contributed by atoms with E-state index in [2.05, 4.69) is 21.6 Å². The normalized spacial score (nSPS) is 19.8. The molecule has 1 atom stereocenters. The summed E-state index contributed by atoms with van der Waals surface area (Å²) in [4.78, 5) is 13.6. The Morgan fingerprint density at radius 1 is 1.41 bits per heavy atom. The van der Waals surface area contributed by atoms with Gasteiger partial charge in [0.05, 0.1) is 22.8 Å². The summed E-state index contributed by atoms with van der Waals surface area (Å²) in [7, 11) is -1.09. The number of aromatic nitrogens is 3. The van der Waals surface area contributed by atoms with Crippen LogP contribution in [0.3, 0.4) is 0 Å². The van der Waals surface area contributed by atoms with Gasteiger partial charge in [0, 0.05) is 18.3 Å². The maximum absolute atomic E-state index is 12.4. The Morgan fingerprint density at radius 3 is 2.97 bits per heavy atom. The Kier molecular flexibility index (Phi) is 5.68. The average Bonchev–Trinajstić information content (AvgIpc) is 3.40. The number of nitriles is 1. The number of rotatable bonds is 6. The first-order chi connectivity index (χ1) is 13.9. The molecule has 11 heteroatoms. The largest absolute Gasteiger partial charge is 0.316 e. The minimum atomic E-state index is -2.92. The average molecular weight is 452 g/mol. The predicted octanol–water partition coefficient (Wildman–Crippen LogP) is 1.94. The molecule has 1 unspecified atom stereocenters. The molecule has 2 aromatic heterocycles. The summed E-state index contributed by atoms with van der Waals surface area (Å²) in [5.41, 5.74) is 1.70. The second kappa shape index (κ2) is 8.08. The van der Waals surface area contributed by atoms with Crippen LogP contribution in [0.25, 0.3) is 0 Å². The molecule has 4 rings (SSSR count). The second-order valence-corrected chi connectivity index (χ2v) is 11.7. The molecule has 8 nitrogen and oxygen atoms in total.